The Hall–Kier alpha value is -1.06. The lowest BCUT2D eigenvalue weighted by atomic mass is 9.84. The van der Waals surface area contributed by atoms with E-state index in [9.17, 15) is 30.6 Å². The highest BCUT2D eigenvalue weighted by Crippen LogP contribution is 2.38. The van der Waals surface area contributed by atoms with Gasteiger partial charge in [-0.25, -0.2) is 0 Å². The Kier molecular flexibility index (Phi) is 11.7. The van der Waals surface area contributed by atoms with E-state index in [2.05, 4.69) is 0 Å². The largest absolute Gasteiger partial charge is 0.394 e. The fourth-order valence-corrected chi connectivity index (χ4v) is 7.48. The lowest BCUT2D eigenvalue weighted by molar-refractivity contribution is -0.355. The third-order valence-corrected chi connectivity index (χ3v) is 10.5. The number of hydrogen-bond acceptors (Lipinski definition) is 20. The van der Waals surface area contributed by atoms with E-state index in [-0.39, 0.29) is 19.6 Å². The highest BCUT2D eigenvalue weighted by molar-refractivity contribution is 7.10. The van der Waals surface area contributed by atoms with Crippen LogP contribution in [0.15, 0.2) is 17.5 Å². The molecule has 5 heterocycles. The summed E-state index contributed by atoms with van der Waals surface area (Å²) >= 11 is 1.44. The third kappa shape index (κ3) is 7.05. The first-order valence-electron chi connectivity index (χ1n) is 15.9. The summed E-state index contributed by atoms with van der Waals surface area (Å²) in [6, 6.07) is -0.314. The Bertz CT molecular complexity index is 1180. The Morgan fingerprint density at radius 2 is 1.40 bits per heavy atom. The number of hydrogen-bond donors (Lipinski definition) is 11. The number of thiophene rings is 1. The number of rotatable bonds is 9. The highest BCUT2D eigenvalue weighted by Gasteiger charge is 2.55. The monoisotopic (exact) mass is 709 g/mol. The second kappa shape index (κ2) is 15.3. The van der Waals surface area contributed by atoms with Crippen LogP contribution in [0, 0.1) is 0 Å². The van der Waals surface area contributed by atoms with E-state index in [1.165, 1.54) is 11.3 Å². The van der Waals surface area contributed by atoms with Crippen LogP contribution in [0.2, 0.25) is 0 Å². The molecule has 5 fully saturated rings. The fourth-order valence-electron chi connectivity index (χ4n) is 6.78. The maximum Gasteiger partial charge on any atom is 0.193 e. The maximum atomic E-state index is 11.3. The van der Waals surface area contributed by atoms with Gasteiger partial charge in [-0.05, 0) is 17.9 Å². The summed E-state index contributed by atoms with van der Waals surface area (Å²) in [6.07, 6.45) is -19.2. The molecular weight excluding hydrogens is 662 g/mol. The van der Waals surface area contributed by atoms with Gasteiger partial charge in [-0.1, -0.05) is 6.07 Å². The van der Waals surface area contributed by atoms with E-state index < -0.39 is 129 Å². The standard InChI is InChI=1S/C28H47N5O14S/c29-5-10-17(36)18(37)14(32)26(41-10)46-22-11(6-34)42-28(20(22)39)47-24-16(35)8(30)4-9(31)21(24)44-27-15(33)19(38)23-12(43-27)7-40-25(45-23)13-2-1-3-48-13/h1-3,8-12,14-28,34-39H,4-7,29-33H2/t8-,9+,10+,11-,12-,14-,15-,16+,17-,18-,19-,20-,21-,22-,23-,24-,25-,26-,27-,28+/m1/s1. The van der Waals surface area contributed by atoms with Crippen LogP contribution in [0.3, 0.4) is 0 Å². The van der Waals surface area contributed by atoms with Crippen molar-refractivity contribution >= 4 is 11.3 Å². The molecule has 0 spiro atoms. The van der Waals surface area contributed by atoms with Crippen LogP contribution < -0.4 is 28.7 Å². The molecule has 20 heteroatoms. The van der Waals surface area contributed by atoms with Gasteiger partial charge in [0, 0.05) is 18.6 Å². The van der Waals surface area contributed by atoms with Crippen molar-refractivity contribution in [1.29, 1.82) is 0 Å². The van der Waals surface area contributed by atoms with Crippen LogP contribution in [0.25, 0.3) is 0 Å². The second-order valence-corrected chi connectivity index (χ2v) is 13.8. The SMILES string of the molecule is NC[C@@H]1O[C@H](O[C@H]2[C@@H](O)[C@H](O[C@@H]3[C@@H](O)[C@H](N)C[C@H](N)[C@H]3O[C@H]3O[C@@H]4CO[C@@H](c5cccs5)O[C@H]4[C@H](O)[C@H]3N)O[C@@H]2CO)[C@H](N)[C@@H](O)[C@@H]1O. The molecule has 0 radical (unpaired) electrons. The van der Waals surface area contributed by atoms with Gasteiger partial charge >= 0.3 is 0 Å². The van der Waals surface area contributed by atoms with E-state index >= 15 is 0 Å². The Balaban J connectivity index is 1.14. The van der Waals surface area contributed by atoms with E-state index in [1.807, 2.05) is 17.5 Å². The summed E-state index contributed by atoms with van der Waals surface area (Å²) in [5.41, 5.74) is 30.7. The summed E-state index contributed by atoms with van der Waals surface area (Å²) < 4.78 is 47.4. The molecule has 274 valence electrons. The normalized spacial score (nSPS) is 51.5. The predicted octanol–water partition coefficient (Wildman–Crippen LogP) is -6.04. The first kappa shape index (κ1) is 36.7. The molecule has 0 bridgehead atoms. The zero-order valence-electron chi connectivity index (χ0n) is 25.9. The molecule has 19 nitrogen and oxygen atoms in total. The van der Waals surface area contributed by atoms with Gasteiger partial charge in [0.1, 0.15) is 67.1 Å². The number of ether oxygens (including phenoxy) is 8. The van der Waals surface area contributed by atoms with E-state index in [1.54, 1.807) is 0 Å². The van der Waals surface area contributed by atoms with Gasteiger partial charge in [0.2, 0.25) is 0 Å². The first-order chi connectivity index (χ1) is 22.9. The lowest BCUT2D eigenvalue weighted by Gasteiger charge is -2.49. The van der Waals surface area contributed by atoms with Crippen molar-refractivity contribution in [3.63, 3.8) is 0 Å². The Labute approximate surface area is 279 Å². The molecule has 48 heavy (non-hydrogen) atoms. The summed E-state index contributed by atoms with van der Waals surface area (Å²) in [5, 5.41) is 66.0. The molecule has 20 atom stereocenters. The molecule has 4 saturated heterocycles. The number of aliphatic hydroxyl groups excluding tert-OH is 6. The van der Waals surface area contributed by atoms with Gasteiger partial charge < -0.3 is 97.2 Å². The molecule has 1 aromatic heterocycles. The highest BCUT2D eigenvalue weighted by atomic mass is 32.1. The Morgan fingerprint density at radius 3 is 2.08 bits per heavy atom. The number of fused-ring (bicyclic) bond motifs is 1. The topological polar surface area (TPSA) is 325 Å². The molecule has 1 aliphatic carbocycles. The van der Waals surface area contributed by atoms with Crippen LogP contribution in [0.4, 0.5) is 0 Å². The van der Waals surface area contributed by atoms with Gasteiger partial charge in [-0.15, -0.1) is 11.3 Å². The van der Waals surface area contributed by atoms with E-state index in [0.29, 0.717) is 0 Å². The van der Waals surface area contributed by atoms with Gasteiger partial charge in [-0.3, -0.25) is 0 Å². The quantitative estimate of drug-likeness (QED) is 0.114. The summed E-state index contributed by atoms with van der Waals surface area (Å²) in [6.45, 7) is -0.721. The van der Waals surface area contributed by atoms with Crippen molar-refractivity contribution in [2.45, 2.75) is 129 Å². The molecule has 0 amide bonds. The molecule has 16 N–H and O–H groups in total. The molecular formula is C28H47N5O14S. The lowest BCUT2D eigenvalue weighted by Crippen LogP contribution is -2.69. The van der Waals surface area contributed by atoms with Gasteiger partial charge in [0.05, 0.1) is 36.3 Å². The van der Waals surface area contributed by atoms with Crippen LogP contribution >= 0.6 is 11.3 Å². The van der Waals surface area contributed by atoms with Crippen molar-refractivity contribution in [3.8, 4) is 0 Å². The minimum atomic E-state index is -1.59. The molecule has 5 aliphatic rings. The molecule has 1 aromatic rings. The van der Waals surface area contributed by atoms with Crippen LogP contribution in [0.1, 0.15) is 17.6 Å². The van der Waals surface area contributed by atoms with Crippen LogP contribution in [-0.4, -0.2) is 167 Å². The van der Waals surface area contributed by atoms with Crippen molar-refractivity contribution in [3.05, 3.63) is 22.4 Å². The Morgan fingerprint density at radius 1 is 0.729 bits per heavy atom. The van der Waals surface area contributed by atoms with Crippen LogP contribution in [-0.2, 0) is 37.9 Å². The zero-order chi connectivity index (χ0) is 34.4. The minimum absolute atomic E-state index is 0.0729. The average Bonchev–Trinajstić information content (AvgIpc) is 3.72. The van der Waals surface area contributed by atoms with Crippen LogP contribution in [0.5, 0.6) is 0 Å². The van der Waals surface area contributed by atoms with Crippen molar-refractivity contribution in [1.82, 2.24) is 0 Å². The summed E-state index contributed by atoms with van der Waals surface area (Å²) in [5.74, 6) is 0. The number of nitrogens with two attached hydrogens (primary N) is 5. The van der Waals surface area contributed by atoms with Crippen molar-refractivity contribution < 1.29 is 68.5 Å². The van der Waals surface area contributed by atoms with Gasteiger partial charge in [0.15, 0.2) is 25.2 Å². The average molecular weight is 710 g/mol. The second-order valence-electron chi connectivity index (χ2n) is 12.8. The summed E-state index contributed by atoms with van der Waals surface area (Å²) in [4.78, 5) is 0.823. The molecule has 0 unspecified atom stereocenters. The fraction of sp³-hybridized carbons (Fsp3) is 0.857. The molecule has 4 aliphatic heterocycles. The van der Waals surface area contributed by atoms with Gasteiger partial charge in [-0.2, -0.15) is 0 Å². The number of aliphatic hydroxyl groups is 6. The maximum absolute atomic E-state index is 11.3. The molecule has 1 saturated carbocycles. The summed E-state index contributed by atoms with van der Waals surface area (Å²) in [7, 11) is 0. The van der Waals surface area contributed by atoms with E-state index in [4.69, 9.17) is 66.6 Å². The first-order valence-corrected chi connectivity index (χ1v) is 16.8. The van der Waals surface area contributed by atoms with Gasteiger partial charge in [0.25, 0.3) is 0 Å². The molecule has 0 aromatic carbocycles. The minimum Gasteiger partial charge on any atom is -0.394 e. The zero-order valence-corrected chi connectivity index (χ0v) is 26.7. The molecule has 6 rings (SSSR count). The predicted molar refractivity (Wildman–Crippen MR) is 161 cm³/mol. The van der Waals surface area contributed by atoms with E-state index in [0.717, 1.165) is 4.88 Å². The van der Waals surface area contributed by atoms with Crippen molar-refractivity contribution in [2.75, 3.05) is 19.8 Å². The smallest absolute Gasteiger partial charge is 0.193 e. The third-order valence-electron chi connectivity index (χ3n) is 9.58. The van der Waals surface area contributed by atoms with Crippen molar-refractivity contribution in [2.24, 2.45) is 28.7 Å².